The van der Waals surface area contributed by atoms with Gasteiger partial charge in [-0.2, -0.15) is 0 Å². The monoisotopic (exact) mass is 215 g/mol. The van der Waals surface area contributed by atoms with E-state index in [1.807, 2.05) is 0 Å². The summed E-state index contributed by atoms with van der Waals surface area (Å²) in [5.74, 6) is 0. The van der Waals surface area contributed by atoms with Gasteiger partial charge in [-0.1, -0.05) is 44.9 Å². The lowest BCUT2D eigenvalue weighted by Gasteiger charge is -2.02. The first-order valence-corrected chi connectivity index (χ1v) is 6.45. The van der Waals surface area contributed by atoms with Crippen LogP contribution in [-0.2, 0) is 12.8 Å². The first-order chi connectivity index (χ1) is 7.86. The third kappa shape index (κ3) is 2.13. The number of aromatic nitrogens is 1. The molecule has 2 rings (SSSR count). The topological polar surface area (TPSA) is 15.8 Å². The first-order valence-electron chi connectivity index (χ1n) is 6.45. The molecule has 0 spiro atoms. The molecule has 0 aliphatic carbocycles. The fourth-order valence-electron chi connectivity index (χ4n) is 2.36. The Bertz CT molecular complexity index is 453. The third-order valence-corrected chi connectivity index (χ3v) is 3.18. The number of hydrogen-bond donors (Lipinski definition) is 1. The van der Waals surface area contributed by atoms with Gasteiger partial charge in [-0.3, -0.25) is 0 Å². The zero-order chi connectivity index (χ0) is 11.4. The average Bonchev–Trinajstić information content (AvgIpc) is 2.66. The summed E-state index contributed by atoms with van der Waals surface area (Å²) < 4.78 is 0. The van der Waals surface area contributed by atoms with Crippen molar-refractivity contribution in [3.63, 3.8) is 0 Å². The van der Waals surface area contributed by atoms with E-state index in [-0.39, 0.29) is 0 Å². The quantitative estimate of drug-likeness (QED) is 0.757. The lowest BCUT2D eigenvalue weighted by molar-refractivity contribution is 0.769. The minimum absolute atomic E-state index is 1.19. The number of fused-ring (bicyclic) bond motifs is 1. The smallest absolute Gasteiger partial charge is 0.0458 e. The normalized spacial score (nSPS) is 11.1. The summed E-state index contributed by atoms with van der Waals surface area (Å²) in [6, 6.07) is 8.67. The molecule has 0 aliphatic rings. The highest BCUT2D eigenvalue weighted by Gasteiger charge is 2.09. The van der Waals surface area contributed by atoms with Crippen LogP contribution in [0.15, 0.2) is 24.3 Å². The number of rotatable bonds is 5. The predicted molar refractivity (Wildman–Crippen MR) is 70.9 cm³/mol. The van der Waals surface area contributed by atoms with Crippen molar-refractivity contribution < 1.29 is 0 Å². The SMILES string of the molecule is CCCCc1[nH]c2ccccc2c1CCC. The summed E-state index contributed by atoms with van der Waals surface area (Å²) >= 11 is 0. The van der Waals surface area contributed by atoms with Crippen molar-refractivity contribution in [1.29, 1.82) is 0 Å². The minimum atomic E-state index is 1.19. The largest absolute Gasteiger partial charge is 0.358 e. The van der Waals surface area contributed by atoms with Crippen LogP contribution in [0.2, 0.25) is 0 Å². The number of unbranched alkanes of at least 4 members (excludes halogenated alkanes) is 1. The van der Waals surface area contributed by atoms with Crippen LogP contribution in [0.5, 0.6) is 0 Å². The highest BCUT2D eigenvalue weighted by Crippen LogP contribution is 2.24. The molecule has 0 saturated heterocycles. The van der Waals surface area contributed by atoms with E-state index in [1.165, 1.54) is 48.7 Å². The molecule has 0 saturated carbocycles. The van der Waals surface area contributed by atoms with Gasteiger partial charge in [0.2, 0.25) is 0 Å². The van der Waals surface area contributed by atoms with Crippen LogP contribution in [0.1, 0.15) is 44.4 Å². The third-order valence-electron chi connectivity index (χ3n) is 3.18. The highest BCUT2D eigenvalue weighted by molar-refractivity contribution is 5.84. The van der Waals surface area contributed by atoms with E-state index >= 15 is 0 Å². The van der Waals surface area contributed by atoms with Crippen LogP contribution in [0.25, 0.3) is 10.9 Å². The van der Waals surface area contributed by atoms with Crippen LogP contribution < -0.4 is 0 Å². The molecule has 0 atom stereocenters. The summed E-state index contributed by atoms with van der Waals surface area (Å²) in [5.41, 5.74) is 4.31. The Morgan fingerprint density at radius 3 is 2.56 bits per heavy atom. The Labute approximate surface area is 97.9 Å². The van der Waals surface area contributed by atoms with Crippen LogP contribution in [0.3, 0.4) is 0 Å². The van der Waals surface area contributed by atoms with E-state index in [4.69, 9.17) is 0 Å². The fraction of sp³-hybridized carbons (Fsp3) is 0.467. The van der Waals surface area contributed by atoms with Crippen LogP contribution in [-0.4, -0.2) is 4.98 Å². The summed E-state index contributed by atoms with van der Waals surface area (Å²) in [6.45, 7) is 4.51. The molecule has 16 heavy (non-hydrogen) atoms. The number of benzene rings is 1. The lowest BCUT2D eigenvalue weighted by atomic mass is 10.0. The van der Waals surface area contributed by atoms with Gasteiger partial charge in [0.25, 0.3) is 0 Å². The molecule has 1 nitrogen and oxygen atoms in total. The van der Waals surface area contributed by atoms with E-state index in [1.54, 1.807) is 5.56 Å². The molecule has 1 heterocycles. The lowest BCUT2D eigenvalue weighted by Crippen LogP contribution is -1.91. The molecule has 0 bridgehead atoms. The van der Waals surface area contributed by atoms with Gasteiger partial charge in [0.05, 0.1) is 0 Å². The van der Waals surface area contributed by atoms with Crippen molar-refractivity contribution in [2.45, 2.75) is 46.0 Å². The second-order valence-corrected chi connectivity index (χ2v) is 4.48. The molecular weight excluding hydrogens is 194 g/mol. The maximum atomic E-state index is 3.58. The molecule has 2 aromatic rings. The molecule has 86 valence electrons. The maximum absolute atomic E-state index is 3.58. The summed E-state index contributed by atoms with van der Waals surface area (Å²) in [6.07, 6.45) is 6.16. The van der Waals surface area contributed by atoms with Gasteiger partial charge < -0.3 is 4.98 Å². The second-order valence-electron chi connectivity index (χ2n) is 4.48. The molecule has 0 radical (unpaired) electrons. The molecule has 0 aliphatic heterocycles. The molecule has 1 aromatic heterocycles. The number of aromatic amines is 1. The van der Waals surface area contributed by atoms with Crippen molar-refractivity contribution in [3.8, 4) is 0 Å². The van der Waals surface area contributed by atoms with Crippen molar-refractivity contribution in [1.82, 2.24) is 4.98 Å². The molecule has 1 heteroatoms. The second kappa shape index (κ2) is 5.20. The van der Waals surface area contributed by atoms with Crippen LogP contribution >= 0.6 is 0 Å². The van der Waals surface area contributed by atoms with Crippen LogP contribution in [0.4, 0.5) is 0 Å². The number of hydrogen-bond acceptors (Lipinski definition) is 0. The zero-order valence-electron chi connectivity index (χ0n) is 10.3. The van der Waals surface area contributed by atoms with E-state index in [2.05, 4.69) is 43.1 Å². The van der Waals surface area contributed by atoms with Crippen molar-refractivity contribution in [2.24, 2.45) is 0 Å². The van der Waals surface area contributed by atoms with Gasteiger partial charge >= 0.3 is 0 Å². The molecule has 0 amide bonds. The predicted octanol–water partition coefficient (Wildman–Crippen LogP) is 4.46. The number of nitrogens with one attached hydrogen (secondary N) is 1. The molecule has 1 aromatic carbocycles. The molecular formula is C15H21N. The highest BCUT2D eigenvalue weighted by atomic mass is 14.7. The van der Waals surface area contributed by atoms with Gasteiger partial charge in [0.1, 0.15) is 0 Å². The summed E-state index contributed by atoms with van der Waals surface area (Å²) in [5, 5.41) is 1.43. The van der Waals surface area contributed by atoms with Gasteiger partial charge in [-0.15, -0.1) is 0 Å². The van der Waals surface area contributed by atoms with Crippen molar-refractivity contribution >= 4 is 10.9 Å². The van der Waals surface area contributed by atoms with Crippen molar-refractivity contribution in [3.05, 3.63) is 35.5 Å². The van der Waals surface area contributed by atoms with Gasteiger partial charge in [0, 0.05) is 16.6 Å². The van der Waals surface area contributed by atoms with E-state index in [0.29, 0.717) is 0 Å². The zero-order valence-corrected chi connectivity index (χ0v) is 10.3. The van der Waals surface area contributed by atoms with E-state index in [9.17, 15) is 0 Å². The number of aryl methyl sites for hydroxylation is 2. The van der Waals surface area contributed by atoms with E-state index in [0.717, 1.165) is 0 Å². The molecule has 0 unspecified atom stereocenters. The minimum Gasteiger partial charge on any atom is -0.358 e. The Hall–Kier alpha value is -1.24. The number of H-pyrrole nitrogens is 1. The fourth-order valence-corrected chi connectivity index (χ4v) is 2.36. The van der Waals surface area contributed by atoms with Gasteiger partial charge in [-0.25, -0.2) is 0 Å². The van der Waals surface area contributed by atoms with Crippen LogP contribution in [0, 0.1) is 0 Å². The Kier molecular flexibility index (Phi) is 3.66. The van der Waals surface area contributed by atoms with E-state index < -0.39 is 0 Å². The molecule has 1 N–H and O–H groups in total. The Morgan fingerprint density at radius 1 is 1.00 bits per heavy atom. The maximum Gasteiger partial charge on any atom is 0.0458 e. The van der Waals surface area contributed by atoms with Gasteiger partial charge in [0.15, 0.2) is 0 Å². The standard InChI is InChI=1S/C15H21N/c1-3-5-10-14-12(8-4-2)13-9-6-7-11-15(13)16-14/h6-7,9,11,16H,3-5,8,10H2,1-2H3. The summed E-state index contributed by atoms with van der Waals surface area (Å²) in [4.78, 5) is 3.58. The molecule has 0 fully saturated rings. The van der Waals surface area contributed by atoms with Crippen molar-refractivity contribution in [2.75, 3.05) is 0 Å². The first kappa shape index (κ1) is 11.3. The Balaban J connectivity index is 2.41. The number of para-hydroxylation sites is 1. The average molecular weight is 215 g/mol. The Morgan fingerprint density at radius 2 is 1.81 bits per heavy atom. The van der Waals surface area contributed by atoms with Gasteiger partial charge in [-0.05, 0) is 30.9 Å². The summed E-state index contributed by atoms with van der Waals surface area (Å²) in [7, 11) is 0.